The van der Waals surface area contributed by atoms with E-state index < -0.39 is 0 Å². The fraction of sp³-hybridized carbons (Fsp3) is 0.909. The van der Waals surface area contributed by atoms with E-state index in [0.717, 1.165) is 13.1 Å². The molecule has 0 radical (unpaired) electrons. The summed E-state index contributed by atoms with van der Waals surface area (Å²) in [4.78, 5) is 4.24. The van der Waals surface area contributed by atoms with Crippen LogP contribution in [0.4, 0.5) is 0 Å². The number of guanidine groups is 1. The van der Waals surface area contributed by atoms with E-state index in [4.69, 9.17) is 5.73 Å². The van der Waals surface area contributed by atoms with Gasteiger partial charge in [0.05, 0.1) is 0 Å². The van der Waals surface area contributed by atoms with E-state index in [2.05, 4.69) is 44.9 Å². The van der Waals surface area contributed by atoms with Crippen LogP contribution in [0.3, 0.4) is 0 Å². The van der Waals surface area contributed by atoms with Gasteiger partial charge in [0.1, 0.15) is 0 Å². The summed E-state index contributed by atoms with van der Waals surface area (Å²) in [7, 11) is 0. The molecule has 3 heteroatoms. The molecule has 0 spiro atoms. The Hall–Kier alpha value is -0.730. The van der Waals surface area contributed by atoms with Crippen molar-refractivity contribution in [2.75, 3.05) is 13.1 Å². The molecular formula is C11H25N3. The summed E-state index contributed by atoms with van der Waals surface area (Å²) in [6, 6.07) is 0. The minimum absolute atomic E-state index is 0.567. The van der Waals surface area contributed by atoms with Crippen molar-refractivity contribution in [1.82, 2.24) is 5.32 Å². The van der Waals surface area contributed by atoms with Crippen molar-refractivity contribution >= 4 is 5.96 Å². The summed E-state index contributed by atoms with van der Waals surface area (Å²) in [5, 5.41) is 3.15. The lowest BCUT2D eigenvalue weighted by atomic mass is 9.98. The Morgan fingerprint density at radius 1 is 1.21 bits per heavy atom. The zero-order valence-corrected chi connectivity index (χ0v) is 10.2. The molecule has 0 heterocycles. The molecule has 0 aliphatic carbocycles. The molecule has 84 valence electrons. The third-order valence-corrected chi connectivity index (χ3v) is 2.37. The average molecular weight is 199 g/mol. The molecule has 3 N–H and O–H groups in total. The van der Waals surface area contributed by atoms with Crippen LogP contribution in [0.2, 0.25) is 0 Å². The van der Waals surface area contributed by atoms with Crippen LogP contribution in [0.5, 0.6) is 0 Å². The fourth-order valence-electron chi connectivity index (χ4n) is 0.838. The van der Waals surface area contributed by atoms with Crippen LogP contribution in [0.25, 0.3) is 0 Å². The Labute approximate surface area is 88.2 Å². The Morgan fingerprint density at radius 2 is 1.79 bits per heavy atom. The minimum atomic E-state index is 0.567. The Bertz CT molecular complexity index is 173. The SMILES string of the molecule is CC(C)CN=C(N)NCC(C)C(C)C. The van der Waals surface area contributed by atoms with Gasteiger partial charge in [-0.25, -0.2) is 0 Å². The normalized spacial score (nSPS) is 14.9. The molecule has 0 amide bonds. The monoisotopic (exact) mass is 199 g/mol. The van der Waals surface area contributed by atoms with Gasteiger partial charge in [-0.05, 0) is 17.8 Å². The lowest BCUT2D eigenvalue weighted by molar-refractivity contribution is 0.414. The number of hydrogen-bond donors (Lipinski definition) is 2. The highest BCUT2D eigenvalue weighted by atomic mass is 15.1. The Kier molecular flexibility index (Phi) is 6.34. The predicted octanol–water partition coefficient (Wildman–Crippen LogP) is 1.84. The van der Waals surface area contributed by atoms with E-state index in [-0.39, 0.29) is 0 Å². The van der Waals surface area contributed by atoms with Gasteiger partial charge >= 0.3 is 0 Å². The van der Waals surface area contributed by atoms with Crippen LogP contribution < -0.4 is 11.1 Å². The van der Waals surface area contributed by atoms with Crippen LogP contribution in [0.15, 0.2) is 4.99 Å². The second-order valence-electron chi connectivity index (χ2n) is 4.72. The van der Waals surface area contributed by atoms with Gasteiger partial charge in [-0.3, -0.25) is 4.99 Å². The van der Waals surface area contributed by atoms with Crippen LogP contribution in [-0.2, 0) is 0 Å². The molecule has 0 saturated heterocycles. The third-order valence-electron chi connectivity index (χ3n) is 2.37. The molecule has 1 atom stereocenters. The van der Waals surface area contributed by atoms with Crippen molar-refractivity contribution in [1.29, 1.82) is 0 Å². The van der Waals surface area contributed by atoms with Gasteiger partial charge in [0, 0.05) is 13.1 Å². The molecule has 3 nitrogen and oxygen atoms in total. The van der Waals surface area contributed by atoms with E-state index in [9.17, 15) is 0 Å². The van der Waals surface area contributed by atoms with E-state index in [1.54, 1.807) is 0 Å². The molecule has 0 aliphatic rings. The number of nitrogens with two attached hydrogens (primary N) is 1. The van der Waals surface area contributed by atoms with E-state index >= 15 is 0 Å². The van der Waals surface area contributed by atoms with Crippen molar-refractivity contribution in [3.63, 3.8) is 0 Å². The zero-order valence-electron chi connectivity index (χ0n) is 10.2. The first-order valence-corrected chi connectivity index (χ1v) is 5.47. The van der Waals surface area contributed by atoms with E-state index in [0.29, 0.717) is 23.7 Å². The van der Waals surface area contributed by atoms with Gasteiger partial charge in [0.25, 0.3) is 0 Å². The average Bonchev–Trinajstić information content (AvgIpc) is 2.10. The van der Waals surface area contributed by atoms with E-state index in [1.807, 2.05) is 0 Å². The highest BCUT2D eigenvalue weighted by Gasteiger charge is 2.06. The fourth-order valence-corrected chi connectivity index (χ4v) is 0.838. The largest absolute Gasteiger partial charge is 0.370 e. The molecule has 0 bridgehead atoms. The van der Waals surface area contributed by atoms with Crippen LogP contribution in [-0.4, -0.2) is 19.0 Å². The molecule has 0 aromatic rings. The molecule has 0 rings (SSSR count). The van der Waals surface area contributed by atoms with E-state index in [1.165, 1.54) is 0 Å². The Morgan fingerprint density at radius 3 is 2.21 bits per heavy atom. The van der Waals surface area contributed by atoms with Gasteiger partial charge in [0.2, 0.25) is 0 Å². The summed E-state index contributed by atoms with van der Waals surface area (Å²) in [5.74, 6) is 2.45. The molecule has 0 fully saturated rings. The number of aliphatic imine (C=N–C) groups is 1. The highest BCUT2D eigenvalue weighted by molar-refractivity contribution is 5.77. The second kappa shape index (κ2) is 6.68. The standard InChI is InChI=1S/C11H25N3/c1-8(2)6-13-11(12)14-7-10(5)9(3)4/h8-10H,6-7H2,1-5H3,(H3,12,13,14). The Balaban J connectivity index is 3.72. The van der Waals surface area contributed by atoms with Crippen LogP contribution in [0.1, 0.15) is 34.6 Å². The minimum Gasteiger partial charge on any atom is -0.370 e. The summed E-state index contributed by atoms with van der Waals surface area (Å²) in [6.07, 6.45) is 0. The number of nitrogens with zero attached hydrogens (tertiary/aromatic N) is 1. The van der Waals surface area contributed by atoms with Crippen LogP contribution >= 0.6 is 0 Å². The number of nitrogens with one attached hydrogen (secondary N) is 1. The molecular weight excluding hydrogens is 174 g/mol. The smallest absolute Gasteiger partial charge is 0.188 e. The van der Waals surface area contributed by atoms with Crippen molar-refractivity contribution in [2.24, 2.45) is 28.5 Å². The van der Waals surface area contributed by atoms with Crippen molar-refractivity contribution in [3.05, 3.63) is 0 Å². The number of hydrogen-bond acceptors (Lipinski definition) is 1. The first-order chi connectivity index (χ1) is 6.43. The lowest BCUT2D eigenvalue weighted by Crippen LogP contribution is -2.36. The molecule has 0 aromatic carbocycles. The molecule has 0 aliphatic heterocycles. The summed E-state index contributed by atoms with van der Waals surface area (Å²) in [5.41, 5.74) is 5.71. The van der Waals surface area contributed by atoms with Gasteiger partial charge in [-0.2, -0.15) is 0 Å². The topological polar surface area (TPSA) is 50.4 Å². The highest BCUT2D eigenvalue weighted by Crippen LogP contribution is 2.07. The van der Waals surface area contributed by atoms with Gasteiger partial charge in [-0.15, -0.1) is 0 Å². The summed E-state index contributed by atoms with van der Waals surface area (Å²) in [6.45, 7) is 12.6. The molecule has 0 saturated carbocycles. The third kappa shape index (κ3) is 6.75. The van der Waals surface area contributed by atoms with Crippen LogP contribution in [0, 0.1) is 17.8 Å². The zero-order chi connectivity index (χ0) is 11.1. The first kappa shape index (κ1) is 13.3. The summed E-state index contributed by atoms with van der Waals surface area (Å²) >= 11 is 0. The van der Waals surface area contributed by atoms with Gasteiger partial charge < -0.3 is 11.1 Å². The van der Waals surface area contributed by atoms with Gasteiger partial charge in [-0.1, -0.05) is 34.6 Å². The maximum Gasteiger partial charge on any atom is 0.188 e. The molecule has 1 unspecified atom stereocenters. The molecule has 14 heavy (non-hydrogen) atoms. The maximum absolute atomic E-state index is 5.71. The quantitative estimate of drug-likeness (QED) is 0.524. The van der Waals surface area contributed by atoms with Crippen molar-refractivity contribution in [3.8, 4) is 0 Å². The number of rotatable bonds is 5. The maximum atomic E-state index is 5.71. The summed E-state index contributed by atoms with van der Waals surface area (Å²) < 4.78 is 0. The van der Waals surface area contributed by atoms with Crippen molar-refractivity contribution in [2.45, 2.75) is 34.6 Å². The van der Waals surface area contributed by atoms with Gasteiger partial charge in [0.15, 0.2) is 5.96 Å². The molecule has 0 aromatic heterocycles. The van der Waals surface area contributed by atoms with Crippen molar-refractivity contribution < 1.29 is 0 Å². The predicted molar refractivity (Wildman–Crippen MR) is 63.3 cm³/mol. The first-order valence-electron chi connectivity index (χ1n) is 5.47. The lowest BCUT2D eigenvalue weighted by Gasteiger charge is -2.16. The second-order valence-corrected chi connectivity index (χ2v) is 4.72.